The van der Waals surface area contributed by atoms with Gasteiger partial charge in [-0.15, -0.1) is 0 Å². The number of benzene rings is 2. The molecule has 0 aromatic heterocycles. The summed E-state index contributed by atoms with van der Waals surface area (Å²) in [6.07, 6.45) is -0.0939. The molecule has 24 heavy (non-hydrogen) atoms. The molecule has 1 unspecified atom stereocenters. The van der Waals surface area contributed by atoms with Crippen molar-refractivity contribution in [3.05, 3.63) is 63.6 Å². The van der Waals surface area contributed by atoms with E-state index in [1.54, 1.807) is 0 Å². The number of hydrogen-bond acceptors (Lipinski definition) is 3. The number of carbonyl (C=O) groups is 1. The second kappa shape index (κ2) is 8.14. The first kappa shape index (κ1) is 19.0. The standard InChI is InChI=1S/C17H17BrClNO3S/c1-12(13-3-2-4-14(18)11-13)20-17(21)9-10-24(22,23)16-7-5-15(19)6-8-16/h2-8,11-12H,9-10H2,1H3,(H,20,21). The molecule has 0 saturated heterocycles. The summed E-state index contributed by atoms with van der Waals surface area (Å²) in [4.78, 5) is 12.2. The highest BCUT2D eigenvalue weighted by molar-refractivity contribution is 9.10. The van der Waals surface area contributed by atoms with Gasteiger partial charge in [0, 0.05) is 15.9 Å². The van der Waals surface area contributed by atoms with Gasteiger partial charge in [0.1, 0.15) is 0 Å². The molecule has 0 aliphatic carbocycles. The second-order valence-corrected chi connectivity index (χ2v) is 8.83. The Hall–Kier alpha value is -1.37. The summed E-state index contributed by atoms with van der Waals surface area (Å²) in [5, 5.41) is 3.28. The zero-order valence-electron chi connectivity index (χ0n) is 13.0. The molecule has 0 spiro atoms. The zero-order chi connectivity index (χ0) is 17.7. The molecular weight excluding hydrogens is 414 g/mol. The smallest absolute Gasteiger partial charge is 0.221 e. The number of carbonyl (C=O) groups excluding carboxylic acids is 1. The predicted molar refractivity (Wildman–Crippen MR) is 98.8 cm³/mol. The molecule has 2 rings (SSSR count). The van der Waals surface area contributed by atoms with Crippen LogP contribution in [0.25, 0.3) is 0 Å². The maximum absolute atomic E-state index is 12.2. The van der Waals surface area contributed by atoms with Gasteiger partial charge in [0.25, 0.3) is 0 Å². The van der Waals surface area contributed by atoms with Gasteiger partial charge in [-0.3, -0.25) is 4.79 Å². The zero-order valence-corrected chi connectivity index (χ0v) is 16.2. The third-order valence-electron chi connectivity index (χ3n) is 3.50. The summed E-state index contributed by atoms with van der Waals surface area (Å²) in [5.41, 5.74) is 0.943. The van der Waals surface area contributed by atoms with Crippen molar-refractivity contribution >= 4 is 43.3 Å². The lowest BCUT2D eigenvalue weighted by Crippen LogP contribution is -2.28. The van der Waals surface area contributed by atoms with E-state index in [1.165, 1.54) is 24.3 Å². The van der Waals surface area contributed by atoms with Crippen LogP contribution < -0.4 is 5.32 Å². The fourth-order valence-electron chi connectivity index (χ4n) is 2.16. The number of rotatable bonds is 6. The molecule has 1 amide bonds. The number of nitrogens with one attached hydrogen (secondary N) is 1. The Balaban J connectivity index is 1.94. The van der Waals surface area contributed by atoms with Crippen LogP contribution in [-0.4, -0.2) is 20.1 Å². The van der Waals surface area contributed by atoms with E-state index in [0.717, 1.165) is 10.0 Å². The largest absolute Gasteiger partial charge is 0.350 e. The van der Waals surface area contributed by atoms with Gasteiger partial charge in [0.15, 0.2) is 9.84 Å². The molecule has 0 heterocycles. The first-order valence-electron chi connectivity index (χ1n) is 7.31. The van der Waals surface area contributed by atoms with Crippen LogP contribution in [0.4, 0.5) is 0 Å². The summed E-state index contributed by atoms with van der Waals surface area (Å²) in [6, 6.07) is 13.3. The van der Waals surface area contributed by atoms with Crippen LogP contribution in [0.5, 0.6) is 0 Å². The maximum atomic E-state index is 12.2. The third kappa shape index (κ3) is 5.33. The molecule has 128 valence electrons. The molecule has 1 atom stereocenters. The summed E-state index contributed by atoms with van der Waals surface area (Å²) in [5.74, 6) is -0.550. The highest BCUT2D eigenvalue weighted by Gasteiger charge is 2.17. The van der Waals surface area contributed by atoms with E-state index in [1.807, 2.05) is 31.2 Å². The molecule has 0 aliphatic rings. The Morgan fingerprint density at radius 2 is 1.88 bits per heavy atom. The van der Waals surface area contributed by atoms with Gasteiger partial charge in [-0.25, -0.2) is 8.42 Å². The van der Waals surface area contributed by atoms with E-state index < -0.39 is 9.84 Å². The molecule has 4 nitrogen and oxygen atoms in total. The molecule has 2 aromatic rings. The Bertz CT molecular complexity index is 822. The molecule has 2 aromatic carbocycles. The van der Waals surface area contributed by atoms with E-state index in [-0.39, 0.29) is 29.0 Å². The van der Waals surface area contributed by atoms with Crippen molar-refractivity contribution in [1.29, 1.82) is 0 Å². The first-order chi connectivity index (χ1) is 11.3. The van der Waals surface area contributed by atoms with E-state index in [0.29, 0.717) is 5.02 Å². The molecule has 0 bridgehead atoms. The highest BCUT2D eigenvalue weighted by atomic mass is 79.9. The van der Waals surface area contributed by atoms with E-state index in [4.69, 9.17) is 11.6 Å². The molecule has 7 heteroatoms. The van der Waals surface area contributed by atoms with Crippen LogP contribution in [0.2, 0.25) is 5.02 Å². The van der Waals surface area contributed by atoms with Crippen LogP contribution in [0, 0.1) is 0 Å². The van der Waals surface area contributed by atoms with Crippen LogP contribution in [0.1, 0.15) is 24.9 Å². The molecule has 0 aliphatic heterocycles. The van der Waals surface area contributed by atoms with Crippen molar-refractivity contribution in [2.45, 2.75) is 24.3 Å². The minimum Gasteiger partial charge on any atom is -0.350 e. The lowest BCUT2D eigenvalue weighted by molar-refractivity contribution is -0.121. The molecule has 0 fully saturated rings. The van der Waals surface area contributed by atoms with Gasteiger partial charge < -0.3 is 5.32 Å². The van der Waals surface area contributed by atoms with Crippen molar-refractivity contribution in [3.8, 4) is 0 Å². The maximum Gasteiger partial charge on any atom is 0.221 e. The van der Waals surface area contributed by atoms with Crippen molar-refractivity contribution in [2.75, 3.05) is 5.75 Å². The number of hydrogen-bond donors (Lipinski definition) is 1. The second-order valence-electron chi connectivity index (χ2n) is 5.37. The van der Waals surface area contributed by atoms with Crippen LogP contribution >= 0.6 is 27.5 Å². The fourth-order valence-corrected chi connectivity index (χ4v) is 3.94. The van der Waals surface area contributed by atoms with Crippen molar-refractivity contribution < 1.29 is 13.2 Å². The lowest BCUT2D eigenvalue weighted by Gasteiger charge is -2.14. The minimum atomic E-state index is -3.51. The van der Waals surface area contributed by atoms with Crippen LogP contribution in [0.15, 0.2) is 57.9 Å². The van der Waals surface area contributed by atoms with Gasteiger partial charge in [-0.05, 0) is 48.9 Å². The number of halogens is 2. The molecular formula is C17H17BrClNO3S. The van der Waals surface area contributed by atoms with E-state index in [2.05, 4.69) is 21.2 Å². The number of sulfone groups is 1. The summed E-state index contributed by atoms with van der Waals surface area (Å²) in [6.45, 7) is 1.85. The highest BCUT2D eigenvalue weighted by Crippen LogP contribution is 2.19. The third-order valence-corrected chi connectivity index (χ3v) is 5.97. The van der Waals surface area contributed by atoms with Crippen molar-refractivity contribution in [2.24, 2.45) is 0 Å². The summed E-state index contributed by atoms with van der Waals surface area (Å²) in [7, 11) is -3.51. The summed E-state index contributed by atoms with van der Waals surface area (Å²) < 4.78 is 25.4. The Morgan fingerprint density at radius 1 is 1.21 bits per heavy atom. The normalized spacial score (nSPS) is 12.6. The van der Waals surface area contributed by atoms with Gasteiger partial charge in [0.2, 0.25) is 5.91 Å². The first-order valence-corrected chi connectivity index (χ1v) is 10.1. The molecule has 1 N–H and O–H groups in total. The van der Waals surface area contributed by atoms with Crippen LogP contribution in [-0.2, 0) is 14.6 Å². The average molecular weight is 431 g/mol. The number of amides is 1. The Labute approximate surface area is 155 Å². The monoisotopic (exact) mass is 429 g/mol. The van der Waals surface area contributed by atoms with E-state index in [9.17, 15) is 13.2 Å². The predicted octanol–water partition coefficient (Wildman–Crippen LogP) is 4.14. The van der Waals surface area contributed by atoms with Crippen molar-refractivity contribution in [3.63, 3.8) is 0 Å². The molecule has 0 saturated carbocycles. The van der Waals surface area contributed by atoms with Gasteiger partial charge in [-0.1, -0.05) is 39.7 Å². The fraction of sp³-hybridized carbons (Fsp3) is 0.235. The Kier molecular flexibility index (Phi) is 6.43. The quantitative estimate of drug-likeness (QED) is 0.749. The van der Waals surface area contributed by atoms with Gasteiger partial charge in [0.05, 0.1) is 16.7 Å². The van der Waals surface area contributed by atoms with Gasteiger partial charge in [-0.2, -0.15) is 0 Å². The minimum absolute atomic E-state index is 0.0939. The molecule has 0 radical (unpaired) electrons. The topological polar surface area (TPSA) is 63.2 Å². The van der Waals surface area contributed by atoms with E-state index >= 15 is 0 Å². The van der Waals surface area contributed by atoms with Gasteiger partial charge >= 0.3 is 0 Å². The SMILES string of the molecule is CC(NC(=O)CCS(=O)(=O)c1ccc(Cl)cc1)c1cccc(Br)c1. The lowest BCUT2D eigenvalue weighted by atomic mass is 10.1. The summed E-state index contributed by atoms with van der Waals surface area (Å²) >= 11 is 9.14. The van der Waals surface area contributed by atoms with Crippen LogP contribution in [0.3, 0.4) is 0 Å². The van der Waals surface area contributed by atoms with Crippen molar-refractivity contribution in [1.82, 2.24) is 5.32 Å². The Morgan fingerprint density at radius 3 is 2.50 bits per heavy atom. The average Bonchev–Trinajstić information content (AvgIpc) is 2.53.